The van der Waals surface area contributed by atoms with Gasteiger partial charge in [-0.3, -0.25) is 4.98 Å². The van der Waals surface area contributed by atoms with Crippen LogP contribution >= 0.6 is 0 Å². The summed E-state index contributed by atoms with van der Waals surface area (Å²) in [7, 11) is 0. The Balaban J connectivity index is 1.40. The topological polar surface area (TPSA) is 22.8 Å². The zero-order valence-electron chi connectivity index (χ0n) is 21.6. The summed E-state index contributed by atoms with van der Waals surface area (Å²) < 4.78 is 4.75. The molecule has 0 N–H and O–H groups in total. The predicted molar refractivity (Wildman–Crippen MR) is 168 cm³/mol. The maximum atomic E-state index is 4.80. The average molecular weight is 510 g/mol. The smallest absolute Gasteiger partial charge is 0.0703 e. The normalized spacial score (nSPS) is 12.0. The van der Waals surface area contributed by atoms with Gasteiger partial charge in [-0.25, -0.2) is 0 Å². The lowest BCUT2D eigenvalue weighted by Gasteiger charge is -2.10. The van der Waals surface area contributed by atoms with Crippen LogP contribution < -0.4 is 0 Å². The van der Waals surface area contributed by atoms with Gasteiger partial charge in [-0.2, -0.15) is 0 Å². The van der Waals surface area contributed by atoms with Crippen LogP contribution in [0.2, 0.25) is 0 Å². The molecule has 0 aliphatic carbocycles. The van der Waals surface area contributed by atoms with Gasteiger partial charge in [0.05, 0.1) is 39.5 Å². The van der Waals surface area contributed by atoms with E-state index in [1.165, 1.54) is 60.1 Å². The maximum absolute atomic E-state index is 4.80. The maximum Gasteiger partial charge on any atom is 0.0703 e. The van der Waals surface area contributed by atoms with Gasteiger partial charge in [0.2, 0.25) is 0 Å². The number of fused-ring (bicyclic) bond motifs is 8. The first-order chi connectivity index (χ1) is 19.8. The van der Waals surface area contributed by atoms with Crippen LogP contribution in [0, 0.1) is 0 Å². The largest absolute Gasteiger partial charge is 0.309 e. The molecule has 0 atom stereocenters. The van der Waals surface area contributed by atoms with Gasteiger partial charge in [-0.15, -0.1) is 0 Å². The van der Waals surface area contributed by atoms with Crippen molar-refractivity contribution in [2.75, 3.05) is 0 Å². The van der Waals surface area contributed by atoms with E-state index in [2.05, 4.69) is 137 Å². The van der Waals surface area contributed by atoms with Gasteiger partial charge in [-0.05, 0) is 71.4 Å². The minimum Gasteiger partial charge on any atom is -0.309 e. The van der Waals surface area contributed by atoms with Gasteiger partial charge < -0.3 is 9.13 Å². The summed E-state index contributed by atoms with van der Waals surface area (Å²) >= 11 is 0. The fourth-order valence-electron chi connectivity index (χ4n) is 6.49. The minimum absolute atomic E-state index is 1.01. The molecule has 40 heavy (non-hydrogen) atoms. The van der Waals surface area contributed by atoms with E-state index in [9.17, 15) is 0 Å². The second-order valence-electron chi connectivity index (χ2n) is 10.5. The Hall–Kier alpha value is -5.41. The van der Waals surface area contributed by atoms with Crippen molar-refractivity contribution >= 4 is 65.3 Å². The summed E-state index contributed by atoms with van der Waals surface area (Å²) in [6, 6.07) is 48.1. The molecule has 9 aromatic rings. The van der Waals surface area contributed by atoms with E-state index in [0.717, 1.165) is 16.6 Å². The van der Waals surface area contributed by atoms with Crippen LogP contribution in [0.1, 0.15) is 0 Å². The molecule has 3 heterocycles. The van der Waals surface area contributed by atoms with Crippen molar-refractivity contribution in [2.24, 2.45) is 0 Å². The van der Waals surface area contributed by atoms with E-state index < -0.39 is 0 Å². The standard InChI is InChI=1S/C37H23N3/c1-2-11-27(12-3-1)39-34-16-8-5-13-29(34)31-19-26-22-37-32(20-25(26)21-36(31)39)30-14-6-9-17-35(30)40(37)28-18-24-10-4-7-15-33(24)38-23-28/h1-23H. The number of benzene rings is 6. The van der Waals surface area contributed by atoms with Gasteiger partial charge >= 0.3 is 0 Å². The number of para-hydroxylation sites is 4. The fraction of sp³-hybridized carbons (Fsp3) is 0. The fourth-order valence-corrected chi connectivity index (χ4v) is 6.49. The van der Waals surface area contributed by atoms with Crippen LogP contribution in [-0.4, -0.2) is 14.1 Å². The Kier molecular flexibility index (Phi) is 4.33. The Morgan fingerprint density at radius 2 is 0.925 bits per heavy atom. The molecular formula is C37H23N3. The first kappa shape index (κ1) is 21.5. The van der Waals surface area contributed by atoms with Crippen molar-refractivity contribution in [3.8, 4) is 11.4 Å². The molecule has 0 saturated heterocycles. The zero-order valence-corrected chi connectivity index (χ0v) is 21.6. The zero-order chi connectivity index (χ0) is 26.2. The molecule has 0 amide bonds. The summed E-state index contributed by atoms with van der Waals surface area (Å²) in [6.45, 7) is 0. The van der Waals surface area contributed by atoms with Crippen molar-refractivity contribution in [3.63, 3.8) is 0 Å². The van der Waals surface area contributed by atoms with Crippen LogP contribution in [0.15, 0.2) is 140 Å². The summed E-state index contributed by atoms with van der Waals surface area (Å²) in [5.74, 6) is 0. The molecule has 0 unspecified atom stereocenters. The van der Waals surface area contributed by atoms with Crippen molar-refractivity contribution in [1.82, 2.24) is 14.1 Å². The molecule has 0 saturated carbocycles. The van der Waals surface area contributed by atoms with E-state index in [-0.39, 0.29) is 0 Å². The molecule has 3 heteroatoms. The third-order valence-corrected chi connectivity index (χ3v) is 8.27. The van der Waals surface area contributed by atoms with Crippen molar-refractivity contribution in [1.29, 1.82) is 0 Å². The summed E-state index contributed by atoms with van der Waals surface area (Å²) in [5.41, 5.74) is 8.09. The van der Waals surface area contributed by atoms with E-state index in [1.54, 1.807) is 0 Å². The Bertz CT molecular complexity index is 2430. The highest BCUT2D eigenvalue weighted by molar-refractivity contribution is 6.18. The third-order valence-electron chi connectivity index (χ3n) is 8.27. The number of rotatable bonds is 2. The first-order valence-electron chi connectivity index (χ1n) is 13.6. The van der Waals surface area contributed by atoms with Crippen LogP contribution in [0.4, 0.5) is 0 Å². The molecule has 0 spiro atoms. The van der Waals surface area contributed by atoms with E-state index >= 15 is 0 Å². The SMILES string of the molecule is c1ccc(-n2c3ccccc3c3cc4cc5c(cc4cc32)c2ccccc2n5-c2cnc3ccccc3c2)cc1. The minimum atomic E-state index is 1.01. The molecule has 6 aromatic carbocycles. The lowest BCUT2D eigenvalue weighted by molar-refractivity contribution is 1.16. The van der Waals surface area contributed by atoms with Gasteiger partial charge in [0.1, 0.15) is 0 Å². The third kappa shape index (κ3) is 2.97. The second kappa shape index (κ2) is 8.05. The molecular weight excluding hydrogens is 486 g/mol. The summed E-state index contributed by atoms with van der Waals surface area (Å²) in [5, 5.41) is 8.63. The molecule has 186 valence electrons. The highest BCUT2D eigenvalue weighted by Crippen LogP contribution is 2.39. The molecule has 0 aliphatic rings. The Morgan fingerprint density at radius 1 is 0.375 bits per heavy atom. The molecule has 0 radical (unpaired) electrons. The van der Waals surface area contributed by atoms with Crippen LogP contribution in [-0.2, 0) is 0 Å². The number of hydrogen-bond acceptors (Lipinski definition) is 1. The van der Waals surface area contributed by atoms with E-state index in [1.807, 2.05) is 12.3 Å². The molecule has 0 aliphatic heterocycles. The average Bonchev–Trinajstić information content (AvgIpc) is 3.51. The van der Waals surface area contributed by atoms with Crippen molar-refractivity contribution < 1.29 is 0 Å². The summed E-state index contributed by atoms with van der Waals surface area (Å²) in [4.78, 5) is 4.80. The quantitative estimate of drug-likeness (QED) is 0.227. The van der Waals surface area contributed by atoms with Crippen LogP contribution in [0.25, 0.3) is 76.7 Å². The monoisotopic (exact) mass is 509 g/mol. The van der Waals surface area contributed by atoms with Crippen molar-refractivity contribution in [3.05, 3.63) is 140 Å². The lowest BCUT2D eigenvalue weighted by Crippen LogP contribution is -1.95. The number of aromatic nitrogens is 3. The van der Waals surface area contributed by atoms with Gasteiger partial charge in [0, 0.05) is 32.6 Å². The van der Waals surface area contributed by atoms with E-state index in [4.69, 9.17) is 4.98 Å². The van der Waals surface area contributed by atoms with Gasteiger partial charge in [-0.1, -0.05) is 72.8 Å². The Morgan fingerprint density at radius 3 is 1.60 bits per heavy atom. The molecule has 0 bridgehead atoms. The molecule has 3 nitrogen and oxygen atoms in total. The van der Waals surface area contributed by atoms with Gasteiger partial charge in [0.25, 0.3) is 0 Å². The number of nitrogens with zero attached hydrogens (tertiary/aromatic N) is 3. The lowest BCUT2D eigenvalue weighted by atomic mass is 10.0. The van der Waals surface area contributed by atoms with Crippen LogP contribution in [0.3, 0.4) is 0 Å². The number of hydrogen-bond donors (Lipinski definition) is 0. The first-order valence-corrected chi connectivity index (χ1v) is 13.6. The summed E-state index contributed by atoms with van der Waals surface area (Å²) in [6.07, 6.45) is 2.00. The van der Waals surface area contributed by atoms with Gasteiger partial charge in [0.15, 0.2) is 0 Å². The Labute approximate surface area is 230 Å². The number of pyridine rings is 1. The highest BCUT2D eigenvalue weighted by Gasteiger charge is 2.17. The molecule has 9 rings (SSSR count). The van der Waals surface area contributed by atoms with Crippen molar-refractivity contribution in [2.45, 2.75) is 0 Å². The predicted octanol–water partition coefficient (Wildman–Crippen LogP) is 9.58. The van der Waals surface area contributed by atoms with E-state index in [0.29, 0.717) is 0 Å². The second-order valence-corrected chi connectivity index (χ2v) is 10.5. The molecule has 3 aromatic heterocycles. The van der Waals surface area contributed by atoms with Crippen LogP contribution in [0.5, 0.6) is 0 Å². The molecule has 0 fully saturated rings. The highest BCUT2D eigenvalue weighted by atomic mass is 15.0.